The zero-order valence-corrected chi connectivity index (χ0v) is 17.2. The van der Waals surface area contributed by atoms with Crippen LogP contribution in [0, 0.1) is 25.5 Å². The van der Waals surface area contributed by atoms with Crippen LogP contribution in [0.4, 0.5) is 13.9 Å². The molecule has 0 bridgehead atoms. The smallest absolute Gasteiger partial charge is 0.233 e. The predicted molar refractivity (Wildman–Crippen MR) is 110 cm³/mol. The average molecular weight is 403 g/mol. The summed E-state index contributed by atoms with van der Waals surface area (Å²) in [4.78, 5) is 21.0. The van der Waals surface area contributed by atoms with Crippen LogP contribution < -0.4 is 4.90 Å². The van der Waals surface area contributed by atoms with Crippen LogP contribution in [0.1, 0.15) is 16.7 Å². The molecule has 0 saturated carbocycles. The number of aromatic nitrogens is 1. The number of aryl methyl sites for hydroxylation is 2. The summed E-state index contributed by atoms with van der Waals surface area (Å²) in [7, 11) is 3.83. The van der Waals surface area contributed by atoms with Gasteiger partial charge in [-0.3, -0.25) is 9.69 Å². The first-order valence-corrected chi connectivity index (χ1v) is 9.83. The molecular weight excluding hydrogens is 380 g/mol. The number of carbonyl (C=O) groups is 1. The minimum Gasteiger partial charge on any atom is -0.308 e. The maximum Gasteiger partial charge on any atom is 0.233 e. The van der Waals surface area contributed by atoms with E-state index in [0.29, 0.717) is 22.9 Å². The molecule has 0 aliphatic rings. The van der Waals surface area contributed by atoms with Crippen molar-refractivity contribution in [2.45, 2.75) is 20.3 Å². The Kier molecular flexibility index (Phi) is 6.05. The quantitative estimate of drug-likeness (QED) is 0.615. The van der Waals surface area contributed by atoms with Gasteiger partial charge in [0.25, 0.3) is 0 Å². The number of hydrogen-bond acceptors (Lipinski definition) is 4. The highest BCUT2D eigenvalue weighted by molar-refractivity contribution is 7.22. The van der Waals surface area contributed by atoms with Crippen LogP contribution in [0.3, 0.4) is 0 Å². The number of anilines is 1. The third-order valence-electron chi connectivity index (χ3n) is 4.55. The van der Waals surface area contributed by atoms with E-state index in [1.807, 2.05) is 51.0 Å². The molecule has 2 aromatic carbocycles. The maximum absolute atomic E-state index is 14.1. The van der Waals surface area contributed by atoms with Crippen LogP contribution in [0.2, 0.25) is 0 Å². The first-order chi connectivity index (χ1) is 13.2. The van der Waals surface area contributed by atoms with Gasteiger partial charge in [0.1, 0.15) is 11.3 Å². The molecule has 1 heterocycles. The molecule has 0 radical (unpaired) electrons. The molecule has 7 heteroatoms. The first-order valence-electron chi connectivity index (χ1n) is 9.01. The molecule has 3 aromatic rings. The van der Waals surface area contributed by atoms with Crippen molar-refractivity contribution >= 4 is 32.6 Å². The van der Waals surface area contributed by atoms with E-state index in [1.54, 1.807) is 4.90 Å². The number of amides is 1. The SMILES string of the molecule is Cc1ccc(C)c(CC(=O)N(CCN(C)C)c2nc3c(F)cc(F)cc3s2)c1. The van der Waals surface area contributed by atoms with Gasteiger partial charge in [0, 0.05) is 19.2 Å². The normalized spacial score (nSPS) is 11.4. The molecular formula is C21H23F2N3OS. The second-order valence-corrected chi connectivity index (χ2v) is 8.20. The lowest BCUT2D eigenvalue weighted by atomic mass is 10.0. The molecule has 28 heavy (non-hydrogen) atoms. The van der Waals surface area contributed by atoms with E-state index in [2.05, 4.69) is 4.98 Å². The Morgan fingerprint density at radius 1 is 1.11 bits per heavy atom. The fourth-order valence-corrected chi connectivity index (χ4v) is 3.99. The zero-order chi connectivity index (χ0) is 20.4. The molecule has 0 saturated heterocycles. The molecule has 4 nitrogen and oxygen atoms in total. The molecule has 1 aromatic heterocycles. The van der Waals surface area contributed by atoms with E-state index in [0.717, 1.165) is 34.1 Å². The Hall–Kier alpha value is -2.38. The number of halogens is 2. The molecule has 0 atom stereocenters. The second-order valence-electron chi connectivity index (χ2n) is 7.19. The van der Waals surface area contributed by atoms with Gasteiger partial charge in [0.15, 0.2) is 10.9 Å². The monoisotopic (exact) mass is 403 g/mol. The molecule has 0 spiro atoms. The first kappa shape index (κ1) is 20.4. The summed E-state index contributed by atoms with van der Waals surface area (Å²) < 4.78 is 28.0. The number of thiazole rings is 1. The molecule has 3 rings (SSSR count). The third kappa shape index (κ3) is 4.54. The lowest BCUT2D eigenvalue weighted by Crippen LogP contribution is -2.37. The van der Waals surface area contributed by atoms with Gasteiger partial charge in [-0.2, -0.15) is 0 Å². The molecule has 0 fully saturated rings. The van der Waals surface area contributed by atoms with Crippen LogP contribution in [0.15, 0.2) is 30.3 Å². The van der Waals surface area contributed by atoms with Crippen molar-refractivity contribution in [3.8, 4) is 0 Å². The topological polar surface area (TPSA) is 36.4 Å². The predicted octanol–water partition coefficient (Wildman–Crippen LogP) is 4.33. The number of likely N-dealkylation sites (N-methyl/N-ethyl adjacent to an activating group) is 1. The molecule has 0 aliphatic carbocycles. The van der Waals surface area contributed by atoms with Crippen molar-refractivity contribution in [2.75, 3.05) is 32.1 Å². The molecule has 148 valence electrons. The van der Waals surface area contributed by atoms with Crippen LogP contribution in [0.25, 0.3) is 10.2 Å². The van der Waals surface area contributed by atoms with E-state index >= 15 is 0 Å². The summed E-state index contributed by atoms with van der Waals surface area (Å²) in [6.45, 7) is 5.01. The number of rotatable bonds is 6. The van der Waals surface area contributed by atoms with E-state index < -0.39 is 11.6 Å². The van der Waals surface area contributed by atoms with Gasteiger partial charge in [0.05, 0.1) is 11.1 Å². The fourth-order valence-electron chi connectivity index (χ4n) is 2.94. The molecule has 0 aliphatic heterocycles. The molecule has 0 unspecified atom stereocenters. The number of hydrogen-bond donors (Lipinski definition) is 0. The van der Waals surface area contributed by atoms with Gasteiger partial charge in [-0.15, -0.1) is 0 Å². The van der Waals surface area contributed by atoms with E-state index in [4.69, 9.17) is 0 Å². The second kappa shape index (κ2) is 8.32. The number of carbonyl (C=O) groups excluding carboxylic acids is 1. The Bertz CT molecular complexity index is 1020. The molecule has 0 N–H and O–H groups in total. The summed E-state index contributed by atoms with van der Waals surface area (Å²) in [5.41, 5.74) is 3.18. The van der Waals surface area contributed by atoms with Crippen molar-refractivity contribution < 1.29 is 13.6 Å². The van der Waals surface area contributed by atoms with Crippen molar-refractivity contribution in [3.05, 3.63) is 58.7 Å². The van der Waals surface area contributed by atoms with Crippen LogP contribution >= 0.6 is 11.3 Å². The van der Waals surface area contributed by atoms with E-state index in [-0.39, 0.29) is 17.8 Å². The third-order valence-corrected chi connectivity index (χ3v) is 5.58. The lowest BCUT2D eigenvalue weighted by molar-refractivity contribution is -0.118. The summed E-state index contributed by atoms with van der Waals surface area (Å²) in [5, 5.41) is 0.386. The fraction of sp³-hybridized carbons (Fsp3) is 0.333. The highest BCUT2D eigenvalue weighted by Crippen LogP contribution is 2.31. The van der Waals surface area contributed by atoms with Crippen LogP contribution in [0.5, 0.6) is 0 Å². The number of nitrogens with zero attached hydrogens (tertiary/aromatic N) is 3. The van der Waals surface area contributed by atoms with Gasteiger partial charge in [0.2, 0.25) is 5.91 Å². The summed E-state index contributed by atoms with van der Waals surface area (Å²) in [5.74, 6) is -1.48. The van der Waals surface area contributed by atoms with Crippen LogP contribution in [-0.2, 0) is 11.2 Å². The Balaban J connectivity index is 1.95. The van der Waals surface area contributed by atoms with Gasteiger partial charge >= 0.3 is 0 Å². The van der Waals surface area contributed by atoms with Crippen molar-refractivity contribution in [1.82, 2.24) is 9.88 Å². The van der Waals surface area contributed by atoms with E-state index in [9.17, 15) is 13.6 Å². The lowest BCUT2D eigenvalue weighted by Gasteiger charge is -2.22. The minimum atomic E-state index is -0.716. The Labute approximate surface area is 167 Å². The summed E-state index contributed by atoms with van der Waals surface area (Å²) >= 11 is 1.13. The zero-order valence-electron chi connectivity index (χ0n) is 16.4. The number of fused-ring (bicyclic) bond motifs is 1. The maximum atomic E-state index is 14.1. The van der Waals surface area contributed by atoms with Crippen molar-refractivity contribution in [2.24, 2.45) is 0 Å². The van der Waals surface area contributed by atoms with Crippen molar-refractivity contribution in [1.29, 1.82) is 0 Å². The van der Waals surface area contributed by atoms with Gasteiger partial charge in [-0.1, -0.05) is 35.1 Å². The average Bonchev–Trinajstić information content (AvgIpc) is 3.02. The van der Waals surface area contributed by atoms with Gasteiger partial charge in [-0.05, 0) is 45.1 Å². The Morgan fingerprint density at radius 2 is 1.86 bits per heavy atom. The minimum absolute atomic E-state index is 0.0933. The van der Waals surface area contributed by atoms with Gasteiger partial charge < -0.3 is 4.90 Å². The number of benzene rings is 2. The van der Waals surface area contributed by atoms with Crippen molar-refractivity contribution in [3.63, 3.8) is 0 Å². The van der Waals surface area contributed by atoms with Gasteiger partial charge in [-0.25, -0.2) is 13.8 Å². The highest BCUT2D eigenvalue weighted by atomic mass is 32.1. The Morgan fingerprint density at radius 3 is 2.57 bits per heavy atom. The standard InChI is InChI=1S/C21H23F2N3OS/c1-13-5-6-14(2)15(9-13)10-19(27)26(8-7-25(3)4)21-24-20-17(23)11-16(22)12-18(20)28-21/h5-6,9,11-12H,7-8,10H2,1-4H3. The van der Waals surface area contributed by atoms with Crippen LogP contribution in [-0.4, -0.2) is 43.0 Å². The summed E-state index contributed by atoms with van der Waals surface area (Å²) in [6, 6.07) is 8.08. The summed E-state index contributed by atoms with van der Waals surface area (Å²) in [6.07, 6.45) is 0.230. The molecule has 1 amide bonds. The van der Waals surface area contributed by atoms with E-state index in [1.165, 1.54) is 6.07 Å². The highest BCUT2D eigenvalue weighted by Gasteiger charge is 2.22. The largest absolute Gasteiger partial charge is 0.308 e.